The quantitative estimate of drug-likeness (QED) is 0.906. The Bertz CT molecular complexity index is 552. The van der Waals surface area contributed by atoms with Gasteiger partial charge in [-0.05, 0) is 12.8 Å². The Labute approximate surface area is 119 Å². The van der Waals surface area contributed by atoms with Crippen LogP contribution in [0.4, 0.5) is 0 Å². The Hall–Kier alpha value is -0.460. The minimum atomic E-state index is -3.02. The summed E-state index contributed by atoms with van der Waals surface area (Å²) in [5, 5.41) is 4.19. The highest BCUT2D eigenvalue weighted by atomic mass is 32.2. The zero-order valence-electron chi connectivity index (χ0n) is 12.0. The molecule has 0 atom stereocenters. The van der Waals surface area contributed by atoms with Crippen LogP contribution in [-0.4, -0.2) is 25.7 Å². The molecule has 0 spiro atoms. The van der Waals surface area contributed by atoms with Crippen molar-refractivity contribution in [3.8, 4) is 0 Å². The van der Waals surface area contributed by atoms with Crippen LogP contribution < -0.4 is 5.32 Å². The lowest BCUT2D eigenvalue weighted by Crippen LogP contribution is -2.20. The maximum atomic E-state index is 11.4. The first-order valence-corrected chi connectivity index (χ1v) is 9.43. The second-order valence-corrected chi connectivity index (χ2v) is 9.66. The van der Waals surface area contributed by atoms with Gasteiger partial charge in [0.05, 0.1) is 5.69 Å². The van der Waals surface area contributed by atoms with Gasteiger partial charge in [-0.1, -0.05) is 20.8 Å². The third-order valence-corrected chi connectivity index (χ3v) is 5.00. The van der Waals surface area contributed by atoms with Crippen molar-refractivity contribution in [1.29, 1.82) is 0 Å². The molecular weight excluding hydrogens is 280 g/mol. The Kier molecular flexibility index (Phi) is 4.05. The van der Waals surface area contributed by atoms with Crippen LogP contribution in [0.5, 0.6) is 0 Å². The molecule has 0 bridgehead atoms. The fraction of sp³-hybridized carbons (Fsp3) is 0.769. The van der Waals surface area contributed by atoms with Crippen molar-refractivity contribution in [3.63, 3.8) is 0 Å². The van der Waals surface area contributed by atoms with E-state index in [9.17, 15) is 8.42 Å². The molecule has 1 heterocycles. The van der Waals surface area contributed by atoms with E-state index in [0.29, 0.717) is 11.0 Å². The van der Waals surface area contributed by atoms with Gasteiger partial charge in [-0.15, -0.1) is 11.3 Å². The van der Waals surface area contributed by atoms with Gasteiger partial charge in [0.25, 0.3) is 0 Å². The average Bonchev–Trinajstić information content (AvgIpc) is 2.94. The molecule has 2 rings (SSSR count). The molecule has 108 valence electrons. The van der Waals surface area contributed by atoms with Gasteiger partial charge in [0.1, 0.15) is 10.8 Å². The smallest absolute Gasteiger partial charge is 0.153 e. The summed E-state index contributed by atoms with van der Waals surface area (Å²) in [7, 11) is -3.02. The SMILES string of the molecule is CC(C)(C)c1nc(CS(C)(=O)=O)sc1CNC1CC1. The zero-order valence-corrected chi connectivity index (χ0v) is 13.6. The summed E-state index contributed by atoms with van der Waals surface area (Å²) in [6.45, 7) is 7.16. The number of aromatic nitrogens is 1. The van der Waals surface area contributed by atoms with Crippen LogP contribution in [0.2, 0.25) is 0 Å². The van der Waals surface area contributed by atoms with Crippen LogP contribution in [0.1, 0.15) is 49.2 Å². The van der Waals surface area contributed by atoms with E-state index < -0.39 is 9.84 Å². The summed E-state index contributed by atoms with van der Waals surface area (Å²) < 4.78 is 22.8. The molecule has 4 nitrogen and oxygen atoms in total. The highest BCUT2D eigenvalue weighted by molar-refractivity contribution is 7.90. The lowest BCUT2D eigenvalue weighted by molar-refractivity contribution is 0.557. The number of hydrogen-bond donors (Lipinski definition) is 1. The summed E-state index contributed by atoms with van der Waals surface area (Å²) in [5.41, 5.74) is 0.983. The number of thiazole rings is 1. The molecule has 1 saturated carbocycles. The van der Waals surface area contributed by atoms with Crippen LogP contribution in [-0.2, 0) is 27.5 Å². The van der Waals surface area contributed by atoms with Crippen molar-refractivity contribution < 1.29 is 8.42 Å². The van der Waals surface area contributed by atoms with Gasteiger partial charge in [0.15, 0.2) is 9.84 Å². The fourth-order valence-electron chi connectivity index (χ4n) is 1.92. The minimum absolute atomic E-state index is 0.0458. The highest BCUT2D eigenvalue weighted by Crippen LogP contribution is 2.31. The first-order valence-electron chi connectivity index (χ1n) is 6.55. The van der Waals surface area contributed by atoms with E-state index in [1.54, 1.807) is 0 Å². The summed E-state index contributed by atoms with van der Waals surface area (Å²) in [6.07, 6.45) is 3.76. The summed E-state index contributed by atoms with van der Waals surface area (Å²) in [5.74, 6) is 0.0458. The van der Waals surface area contributed by atoms with E-state index in [2.05, 4.69) is 31.1 Å². The summed E-state index contributed by atoms with van der Waals surface area (Å²) >= 11 is 1.53. The van der Waals surface area contributed by atoms with E-state index in [4.69, 9.17) is 0 Å². The molecule has 1 fully saturated rings. The Morgan fingerprint density at radius 2 is 2.00 bits per heavy atom. The molecule has 0 aromatic carbocycles. The third kappa shape index (κ3) is 4.54. The second kappa shape index (κ2) is 5.14. The molecule has 0 unspecified atom stereocenters. The standard InChI is InChI=1S/C13H22N2O2S2/c1-13(2,3)12-10(7-14-9-5-6-9)18-11(15-12)8-19(4,16)17/h9,14H,5-8H2,1-4H3. The van der Waals surface area contributed by atoms with Crippen LogP contribution in [0, 0.1) is 0 Å². The van der Waals surface area contributed by atoms with Crippen molar-refractivity contribution >= 4 is 21.2 Å². The van der Waals surface area contributed by atoms with Gasteiger partial charge in [-0.2, -0.15) is 0 Å². The number of hydrogen-bond acceptors (Lipinski definition) is 5. The van der Waals surface area contributed by atoms with Gasteiger partial charge in [0, 0.05) is 29.1 Å². The molecule has 1 aliphatic rings. The fourth-order valence-corrected chi connectivity index (χ4v) is 4.33. The van der Waals surface area contributed by atoms with Crippen molar-refractivity contribution in [3.05, 3.63) is 15.6 Å². The molecule has 1 aromatic heterocycles. The molecule has 0 radical (unpaired) electrons. The monoisotopic (exact) mass is 302 g/mol. The predicted molar refractivity (Wildman–Crippen MR) is 79.2 cm³/mol. The Morgan fingerprint density at radius 3 is 2.47 bits per heavy atom. The largest absolute Gasteiger partial charge is 0.309 e. The number of sulfone groups is 1. The van der Waals surface area contributed by atoms with E-state index >= 15 is 0 Å². The Balaban J connectivity index is 2.22. The lowest BCUT2D eigenvalue weighted by atomic mass is 9.91. The highest BCUT2D eigenvalue weighted by Gasteiger charge is 2.26. The molecule has 0 saturated heterocycles. The summed E-state index contributed by atoms with van der Waals surface area (Å²) in [4.78, 5) is 5.74. The van der Waals surface area contributed by atoms with Gasteiger partial charge in [0.2, 0.25) is 0 Å². The van der Waals surface area contributed by atoms with Crippen LogP contribution >= 0.6 is 11.3 Å². The molecule has 1 N–H and O–H groups in total. The van der Waals surface area contributed by atoms with Crippen LogP contribution in [0.15, 0.2) is 0 Å². The zero-order chi connectivity index (χ0) is 14.3. The first kappa shape index (κ1) is 14.9. The normalized spacial score (nSPS) is 16.8. The Morgan fingerprint density at radius 1 is 1.37 bits per heavy atom. The summed E-state index contributed by atoms with van der Waals surface area (Å²) in [6, 6.07) is 0.647. The van der Waals surface area contributed by atoms with Crippen LogP contribution in [0.25, 0.3) is 0 Å². The topological polar surface area (TPSA) is 59.1 Å². The molecule has 19 heavy (non-hydrogen) atoms. The van der Waals surface area contributed by atoms with Gasteiger partial charge >= 0.3 is 0 Å². The van der Waals surface area contributed by atoms with Crippen LogP contribution in [0.3, 0.4) is 0 Å². The molecule has 0 amide bonds. The van der Waals surface area contributed by atoms with Crippen molar-refractivity contribution in [1.82, 2.24) is 10.3 Å². The molecule has 1 aliphatic carbocycles. The molecule has 1 aromatic rings. The van der Waals surface area contributed by atoms with E-state index in [-0.39, 0.29) is 11.2 Å². The van der Waals surface area contributed by atoms with E-state index in [0.717, 1.165) is 12.2 Å². The number of rotatable bonds is 5. The minimum Gasteiger partial charge on any atom is -0.309 e. The molecular formula is C13H22N2O2S2. The van der Waals surface area contributed by atoms with Gasteiger partial charge in [-0.25, -0.2) is 13.4 Å². The van der Waals surface area contributed by atoms with E-state index in [1.165, 1.54) is 35.3 Å². The average molecular weight is 302 g/mol. The predicted octanol–water partition coefficient (Wildman–Crippen LogP) is 2.24. The lowest BCUT2D eigenvalue weighted by Gasteiger charge is -2.17. The number of nitrogens with zero attached hydrogens (tertiary/aromatic N) is 1. The first-order chi connectivity index (χ1) is 8.65. The van der Waals surface area contributed by atoms with Crippen molar-refractivity contribution in [2.75, 3.05) is 6.26 Å². The number of nitrogens with one attached hydrogen (secondary N) is 1. The van der Waals surface area contributed by atoms with Crippen molar-refractivity contribution in [2.45, 2.75) is 57.4 Å². The second-order valence-electron chi connectivity index (χ2n) is 6.35. The van der Waals surface area contributed by atoms with Gasteiger partial charge < -0.3 is 5.32 Å². The third-order valence-electron chi connectivity index (χ3n) is 2.97. The molecule has 0 aliphatic heterocycles. The maximum absolute atomic E-state index is 11.4. The van der Waals surface area contributed by atoms with E-state index in [1.807, 2.05) is 0 Å². The molecule has 6 heteroatoms. The van der Waals surface area contributed by atoms with Crippen molar-refractivity contribution in [2.24, 2.45) is 0 Å². The maximum Gasteiger partial charge on any atom is 0.153 e. The van der Waals surface area contributed by atoms with Gasteiger partial charge in [-0.3, -0.25) is 0 Å².